The third-order valence-electron chi connectivity index (χ3n) is 10.2. The molecule has 0 amide bonds. The van der Waals surface area contributed by atoms with Crippen LogP contribution in [0.1, 0.15) is 68.8 Å². The number of H-pyrrole nitrogens is 1. The van der Waals surface area contributed by atoms with Gasteiger partial charge in [0.2, 0.25) is 0 Å². The third kappa shape index (κ3) is 5.03. The van der Waals surface area contributed by atoms with Crippen LogP contribution >= 0.6 is 0 Å². The van der Waals surface area contributed by atoms with Crippen LogP contribution in [-0.4, -0.2) is 54.6 Å². The summed E-state index contributed by atoms with van der Waals surface area (Å²) in [4.78, 5) is 34.1. The first-order chi connectivity index (χ1) is 25.6. The molecule has 3 aliphatic heterocycles. The smallest absolute Gasteiger partial charge is 0.144 e. The fraction of sp³-hybridized carbons (Fsp3) is 0.220. The minimum absolute atomic E-state index is 0.674. The molecule has 4 aliphatic rings. The van der Waals surface area contributed by atoms with Gasteiger partial charge >= 0.3 is 0 Å². The van der Waals surface area contributed by atoms with Gasteiger partial charge in [0.05, 0.1) is 45.4 Å². The van der Waals surface area contributed by atoms with E-state index in [1.54, 1.807) is 0 Å². The molecule has 8 heterocycles. The maximum atomic E-state index is 5.40. The van der Waals surface area contributed by atoms with E-state index >= 15 is 0 Å². The van der Waals surface area contributed by atoms with E-state index in [1.165, 1.54) is 0 Å². The summed E-state index contributed by atoms with van der Waals surface area (Å²) in [5.41, 5.74) is 11.4. The van der Waals surface area contributed by atoms with E-state index in [2.05, 4.69) is 99.5 Å². The highest BCUT2D eigenvalue weighted by atomic mass is 15.1. The zero-order valence-corrected chi connectivity index (χ0v) is 29.7. The largest absolute Gasteiger partial charge is 0.354 e. The van der Waals surface area contributed by atoms with Gasteiger partial charge in [-0.25, -0.2) is 29.9 Å². The number of imidazole rings is 4. The molecule has 52 heavy (non-hydrogen) atoms. The third-order valence-corrected chi connectivity index (χ3v) is 10.2. The highest BCUT2D eigenvalue weighted by Crippen LogP contribution is 2.40. The average molecular weight is 686 g/mol. The minimum atomic E-state index is 0.674. The molecule has 0 atom stereocenters. The van der Waals surface area contributed by atoms with Crippen molar-refractivity contribution < 1.29 is 0 Å². The Labute approximate surface area is 301 Å². The molecule has 0 aromatic carbocycles. The molecule has 0 saturated heterocycles. The zero-order chi connectivity index (χ0) is 35.3. The summed E-state index contributed by atoms with van der Waals surface area (Å²) in [6.45, 7) is 11.7. The van der Waals surface area contributed by atoms with Gasteiger partial charge in [-0.1, -0.05) is 12.2 Å². The summed E-state index contributed by atoms with van der Waals surface area (Å²) in [5.74, 6) is 3.48. The number of rotatable bonds is 8. The van der Waals surface area contributed by atoms with Crippen molar-refractivity contribution in [2.24, 2.45) is 9.98 Å². The van der Waals surface area contributed by atoms with Gasteiger partial charge in [-0.2, -0.15) is 0 Å². The average Bonchev–Trinajstić information content (AvgIpc) is 4.02. The molecule has 11 nitrogen and oxygen atoms in total. The van der Waals surface area contributed by atoms with Crippen molar-refractivity contribution in [2.45, 2.75) is 60.3 Å². The first-order valence-electron chi connectivity index (χ1n) is 18.0. The molecular formula is C41H39N11. The summed E-state index contributed by atoms with van der Waals surface area (Å²) in [7, 11) is 0. The Hall–Kier alpha value is -6.36. The quantitative estimate of drug-likeness (QED) is 0.185. The van der Waals surface area contributed by atoms with Crippen molar-refractivity contribution in [3.63, 3.8) is 0 Å². The van der Waals surface area contributed by atoms with Gasteiger partial charge in [0.25, 0.3) is 0 Å². The highest BCUT2D eigenvalue weighted by molar-refractivity contribution is 6.33. The molecule has 1 N–H and O–H groups in total. The van der Waals surface area contributed by atoms with Crippen molar-refractivity contribution in [1.29, 1.82) is 0 Å². The summed E-state index contributed by atoms with van der Waals surface area (Å²) in [5, 5.41) is 0. The fourth-order valence-corrected chi connectivity index (χ4v) is 7.60. The van der Waals surface area contributed by atoms with Gasteiger partial charge in [0.15, 0.2) is 0 Å². The molecule has 0 unspecified atom stereocenters. The number of nitrogens with zero attached hydrogens (tertiary/aromatic N) is 10. The number of fused-ring (bicyclic) bond motifs is 6. The molecular weight excluding hydrogens is 647 g/mol. The highest BCUT2D eigenvalue weighted by Gasteiger charge is 2.30. The Balaban J connectivity index is 1.38. The van der Waals surface area contributed by atoms with E-state index in [9.17, 15) is 0 Å². The molecule has 258 valence electrons. The summed E-state index contributed by atoms with van der Waals surface area (Å²) in [6.07, 6.45) is 29.1. The second-order valence-corrected chi connectivity index (χ2v) is 12.9. The van der Waals surface area contributed by atoms with Crippen LogP contribution in [0.3, 0.4) is 0 Å². The first kappa shape index (κ1) is 31.6. The van der Waals surface area contributed by atoms with E-state index in [-0.39, 0.29) is 0 Å². The van der Waals surface area contributed by atoms with Crippen LogP contribution in [0.5, 0.6) is 0 Å². The number of aryl methyl sites for hydroxylation is 4. The van der Waals surface area contributed by atoms with Gasteiger partial charge in [0, 0.05) is 86.9 Å². The van der Waals surface area contributed by atoms with Gasteiger partial charge in [-0.15, -0.1) is 0 Å². The topological polar surface area (TPSA) is 112 Å². The second kappa shape index (κ2) is 12.8. The van der Waals surface area contributed by atoms with Crippen LogP contribution in [0.4, 0.5) is 0 Å². The van der Waals surface area contributed by atoms with E-state index < -0.39 is 0 Å². The lowest BCUT2D eigenvalue weighted by molar-refractivity contribution is 0.747. The van der Waals surface area contributed by atoms with Gasteiger partial charge in [-0.05, 0) is 81.7 Å². The molecule has 0 saturated carbocycles. The van der Waals surface area contributed by atoms with Crippen LogP contribution < -0.4 is 0 Å². The van der Waals surface area contributed by atoms with Crippen LogP contribution in [0.2, 0.25) is 0 Å². The van der Waals surface area contributed by atoms with Crippen molar-refractivity contribution >= 4 is 33.7 Å². The normalized spacial score (nSPS) is 16.8. The number of allylic oxidation sites excluding steroid dienone is 10. The summed E-state index contributed by atoms with van der Waals surface area (Å²) >= 11 is 0. The lowest BCUT2D eigenvalue weighted by Crippen LogP contribution is -2.10. The number of hydrogen-bond acceptors (Lipinski definition) is 6. The minimum Gasteiger partial charge on any atom is -0.354 e. The first-order valence-corrected chi connectivity index (χ1v) is 18.0. The van der Waals surface area contributed by atoms with Crippen molar-refractivity contribution in [2.75, 3.05) is 0 Å². The number of aliphatic imine (C=N–C) groups is 2. The van der Waals surface area contributed by atoms with Crippen molar-refractivity contribution in [3.05, 3.63) is 155 Å². The molecule has 5 aromatic rings. The summed E-state index contributed by atoms with van der Waals surface area (Å²) < 4.78 is 8.68. The number of aromatic amines is 1. The Bertz CT molecular complexity index is 2360. The molecule has 5 aromatic heterocycles. The van der Waals surface area contributed by atoms with Crippen molar-refractivity contribution in [1.82, 2.24) is 43.2 Å². The maximum Gasteiger partial charge on any atom is 0.144 e. The van der Waals surface area contributed by atoms with Gasteiger partial charge < -0.3 is 23.3 Å². The fourth-order valence-electron chi connectivity index (χ4n) is 7.60. The molecule has 0 fully saturated rings. The molecule has 0 radical (unpaired) electrons. The molecule has 9 rings (SSSR count). The lowest BCUT2D eigenvalue weighted by Gasteiger charge is -2.15. The summed E-state index contributed by atoms with van der Waals surface area (Å²) in [6, 6.07) is 4.24. The monoisotopic (exact) mass is 685 g/mol. The molecule has 11 heteroatoms. The van der Waals surface area contributed by atoms with Crippen LogP contribution in [0, 0.1) is 0 Å². The van der Waals surface area contributed by atoms with E-state index in [4.69, 9.17) is 29.9 Å². The molecule has 1 aliphatic carbocycles. The van der Waals surface area contributed by atoms with E-state index in [1.807, 2.05) is 49.6 Å². The Morgan fingerprint density at radius 2 is 0.846 bits per heavy atom. The second-order valence-electron chi connectivity index (χ2n) is 12.9. The maximum absolute atomic E-state index is 5.40. The lowest BCUT2D eigenvalue weighted by atomic mass is 9.97. The Morgan fingerprint density at radius 3 is 1.21 bits per heavy atom. The Morgan fingerprint density at radius 1 is 0.481 bits per heavy atom. The van der Waals surface area contributed by atoms with E-state index in [0.29, 0.717) is 6.42 Å². The molecule has 0 spiro atoms. The number of hydrogen-bond donors (Lipinski definition) is 1. The number of aromatic nitrogens is 9. The van der Waals surface area contributed by atoms with Gasteiger partial charge in [0.1, 0.15) is 23.3 Å². The molecule has 8 bridgehead atoms. The zero-order valence-electron chi connectivity index (χ0n) is 29.7. The number of nitrogens with one attached hydrogen (secondary N) is 1. The van der Waals surface area contributed by atoms with Gasteiger partial charge in [-0.3, -0.25) is 0 Å². The van der Waals surface area contributed by atoms with Crippen molar-refractivity contribution in [3.8, 4) is 0 Å². The van der Waals surface area contributed by atoms with Crippen LogP contribution in [-0.2, 0) is 26.2 Å². The standard InChI is InChI=1S/C41H39N11/c1-5-49-21-17-42-38(49)34-26-9-10-27(25-26)35(39-43-18-22-50(39)6-2)29-12-14-31(47-29)37(41-45-20-24-52(41)8-4)33-16-15-32(48-33)36(30-13-11-28(34)46-30)40-44-19-23-51(40)7-3/h9-24,48H,5-8,25H2,1-4H3. The Kier molecular flexibility index (Phi) is 7.75. The predicted octanol–water partition coefficient (Wildman–Crippen LogP) is 7.30. The van der Waals surface area contributed by atoms with Crippen LogP contribution in [0.15, 0.2) is 131 Å². The van der Waals surface area contributed by atoms with E-state index in [0.717, 1.165) is 117 Å². The predicted molar refractivity (Wildman–Crippen MR) is 205 cm³/mol. The van der Waals surface area contributed by atoms with Crippen LogP contribution in [0.25, 0.3) is 22.3 Å². The SMILES string of the molecule is CCn1ccnc1C1=C2C=CC(=C(c3nccn3CC)C3=NC(=C(c4nccn4CC)c4ccc([nH]4)C(c4nccn4CC)=C4C=CC1=N4)C=C3)C2.